The molecule has 2 heterocycles. The summed E-state index contributed by atoms with van der Waals surface area (Å²) in [6, 6.07) is 0.499. The Labute approximate surface area is 164 Å². The molecule has 1 saturated carbocycles. The molecule has 1 aliphatic carbocycles. The third-order valence-corrected chi connectivity index (χ3v) is 8.46. The Morgan fingerprint density at radius 2 is 1.81 bits per heavy atom. The highest BCUT2D eigenvalue weighted by Crippen LogP contribution is 2.35. The normalized spacial score (nSPS) is 28.3. The van der Waals surface area contributed by atoms with Crippen molar-refractivity contribution in [1.82, 2.24) is 9.80 Å². The Hall–Kier alpha value is -0.660. The van der Waals surface area contributed by atoms with E-state index in [0.717, 1.165) is 0 Å². The zero-order valence-corrected chi connectivity index (χ0v) is 18.2. The molecule has 0 aromatic heterocycles. The standard InChI is InChI=1S/C20H36N2O4S/c1-19(2,3)10-18(23)22-13-20(14-22)15-27(24,25)17(12-26-20)11-21(4)16-8-6-5-7-9-16/h16-17H,5-15H2,1-4H3/t17-/m0/s1. The Kier molecular flexibility index (Phi) is 5.96. The van der Waals surface area contributed by atoms with Gasteiger partial charge in [-0.2, -0.15) is 0 Å². The Morgan fingerprint density at radius 1 is 1.19 bits per heavy atom. The van der Waals surface area contributed by atoms with E-state index in [1.54, 1.807) is 4.90 Å². The van der Waals surface area contributed by atoms with Gasteiger partial charge in [-0.15, -0.1) is 0 Å². The lowest BCUT2D eigenvalue weighted by molar-refractivity contribution is -0.167. The summed E-state index contributed by atoms with van der Waals surface area (Å²) in [5.74, 6) is 0.135. The van der Waals surface area contributed by atoms with Crippen LogP contribution in [0.4, 0.5) is 0 Å². The summed E-state index contributed by atoms with van der Waals surface area (Å²) >= 11 is 0. The number of ether oxygens (including phenoxy) is 1. The molecule has 3 fully saturated rings. The van der Waals surface area contributed by atoms with Gasteiger partial charge in [0.1, 0.15) is 5.60 Å². The Bertz CT molecular complexity index is 643. The second-order valence-electron chi connectivity index (χ2n) is 10.1. The zero-order chi connectivity index (χ0) is 19.9. The van der Waals surface area contributed by atoms with Crippen LogP contribution >= 0.6 is 0 Å². The van der Waals surface area contributed by atoms with Crippen LogP contribution in [0.3, 0.4) is 0 Å². The van der Waals surface area contributed by atoms with Crippen LogP contribution in [0.5, 0.6) is 0 Å². The maximum Gasteiger partial charge on any atom is 0.223 e. The average molecular weight is 401 g/mol. The van der Waals surface area contributed by atoms with E-state index >= 15 is 0 Å². The van der Waals surface area contributed by atoms with Crippen molar-refractivity contribution in [2.45, 2.75) is 76.2 Å². The molecule has 2 aliphatic heterocycles. The largest absolute Gasteiger partial charge is 0.369 e. The minimum atomic E-state index is -3.21. The molecule has 0 unspecified atom stereocenters. The van der Waals surface area contributed by atoms with E-state index in [1.807, 2.05) is 27.8 Å². The summed E-state index contributed by atoms with van der Waals surface area (Å²) in [4.78, 5) is 16.3. The first-order valence-electron chi connectivity index (χ1n) is 10.3. The summed E-state index contributed by atoms with van der Waals surface area (Å²) in [5.41, 5.74) is -0.736. The van der Waals surface area contributed by atoms with Crippen molar-refractivity contribution >= 4 is 15.7 Å². The highest BCUT2D eigenvalue weighted by atomic mass is 32.2. The molecule has 1 amide bonds. The summed E-state index contributed by atoms with van der Waals surface area (Å²) in [5, 5.41) is -0.450. The summed E-state index contributed by atoms with van der Waals surface area (Å²) < 4.78 is 31.9. The molecule has 3 aliphatic rings. The van der Waals surface area contributed by atoms with Crippen LogP contribution in [0, 0.1) is 5.41 Å². The van der Waals surface area contributed by atoms with Gasteiger partial charge in [0.05, 0.1) is 30.7 Å². The van der Waals surface area contributed by atoms with E-state index in [9.17, 15) is 13.2 Å². The third kappa shape index (κ3) is 5.04. The number of hydrogen-bond donors (Lipinski definition) is 0. The van der Waals surface area contributed by atoms with Crippen LogP contribution in [-0.2, 0) is 19.4 Å². The van der Waals surface area contributed by atoms with E-state index in [1.165, 1.54) is 32.1 Å². The number of carbonyl (C=O) groups excluding carboxylic acids is 1. The molecule has 7 heteroatoms. The number of hydrogen-bond acceptors (Lipinski definition) is 5. The molecule has 156 valence electrons. The van der Waals surface area contributed by atoms with E-state index in [-0.39, 0.29) is 23.7 Å². The second kappa shape index (κ2) is 7.64. The van der Waals surface area contributed by atoms with Gasteiger partial charge < -0.3 is 14.5 Å². The first kappa shape index (κ1) is 21.1. The minimum absolute atomic E-state index is 0.0441. The first-order chi connectivity index (χ1) is 12.5. The van der Waals surface area contributed by atoms with Gasteiger partial charge >= 0.3 is 0 Å². The van der Waals surface area contributed by atoms with Crippen LogP contribution in [0.15, 0.2) is 0 Å². The Morgan fingerprint density at radius 3 is 2.37 bits per heavy atom. The monoisotopic (exact) mass is 400 g/mol. The summed E-state index contributed by atoms with van der Waals surface area (Å²) in [6.45, 7) is 7.73. The quantitative estimate of drug-likeness (QED) is 0.723. The van der Waals surface area contributed by atoms with Crippen LogP contribution in [0.25, 0.3) is 0 Å². The molecule has 2 saturated heterocycles. The van der Waals surface area contributed by atoms with Crippen molar-refractivity contribution in [3.05, 3.63) is 0 Å². The van der Waals surface area contributed by atoms with Gasteiger partial charge in [-0.25, -0.2) is 8.42 Å². The Balaban J connectivity index is 1.53. The first-order valence-corrected chi connectivity index (χ1v) is 12.0. The number of carbonyl (C=O) groups is 1. The predicted octanol–water partition coefficient (Wildman–Crippen LogP) is 2.08. The SMILES string of the molecule is CN(C[C@H]1COC2(CN(C(=O)CC(C)(C)C)C2)CS1(=O)=O)C1CCCCC1. The van der Waals surface area contributed by atoms with Crippen molar-refractivity contribution in [3.8, 4) is 0 Å². The summed E-state index contributed by atoms with van der Waals surface area (Å²) in [6.07, 6.45) is 6.58. The molecule has 0 aromatic carbocycles. The van der Waals surface area contributed by atoms with Gasteiger partial charge in [0.25, 0.3) is 0 Å². The van der Waals surface area contributed by atoms with Gasteiger partial charge in [-0.3, -0.25) is 4.79 Å². The minimum Gasteiger partial charge on any atom is -0.369 e. The lowest BCUT2D eigenvalue weighted by Crippen LogP contribution is -2.71. The van der Waals surface area contributed by atoms with Gasteiger partial charge in [0.2, 0.25) is 5.91 Å². The molecular weight excluding hydrogens is 364 g/mol. The van der Waals surface area contributed by atoms with E-state index in [4.69, 9.17) is 4.74 Å². The maximum absolute atomic E-state index is 12.9. The lowest BCUT2D eigenvalue weighted by atomic mass is 9.89. The summed E-state index contributed by atoms with van der Waals surface area (Å²) in [7, 11) is -1.17. The number of amides is 1. The number of likely N-dealkylation sites (tertiary alicyclic amines) is 1. The van der Waals surface area contributed by atoms with E-state index < -0.39 is 20.7 Å². The molecular formula is C20H36N2O4S. The second-order valence-corrected chi connectivity index (χ2v) is 12.4. The molecule has 27 heavy (non-hydrogen) atoms. The molecule has 1 atom stereocenters. The molecule has 0 aromatic rings. The predicted molar refractivity (Wildman–Crippen MR) is 106 cm³/mol. The smallest absolute Gasteiger partial charge is 0.223 e. The van der Waals surface area contributed by atoms with Crippen LogP contribution < -0.4 is 0 Å². The van der Waals surface area contributed by atoms with Crippen molar-refractivity contribution in [2.75, 3.05) is 39.0 Å². The number of rotatable bonds is 4. The highest BCUT2D eigenvalue weighted by molar-refractivity contribution is 7.92. The number of nitrogens with zero attached hydrogens (tertiary/aromatic N) is 2. The fraction of sp³-hybridized carbons (Fsp3) is 0.950. The molecule has 0 radical (unpaired) electrons. The van der Waals surface area contributed by atoms with Crippen molar-refractivity contribution < 1.29 is 17.9 Å². The molecule has 3 rings (SSSR count). The van der Waals surface area contributed by atoms with Gasteiger partial charge in [-0.05, 0) is 25.3 Å². The number of sulfone groups is 1. The van der Waals surface area contributed by atoms with Crippen molar-refractivity contribution in [3.63, 3.8) is 0 Å². The average Bonchev–Trinajstić information content (AvgIpc) is 2.53. The molecule has 1 spiro atoms. The van der Waals surface area contributed by atoms with Crippen LogP contribution in [0.2, 0.25) is 0 Å². The van der Waals surface area contributed by atoms with Crippen LogP contribution in [-0.4, -0.2) is 80.1 Å². The van der Waals surface area contributed by atoms with Crippen LogP contribution in [0.1, 0.15) is 59.3 Å². The topological polar surface area (TPSA) is 66.9 Å². The fourth-order valence-corrected chi connectivity index (χ4v) is 6.60. The van der Waals surface area contributed by atoms with Crippen molar-refractivity contribution in [2.24, 2.45) is 5.41 Å². The van der Waals surface area contributed by atoms with Gasteiger partial charge in [0, 0.05) is 19.0 Å². The lowest BCUT2D eigenvalue weighted by Gasteiger charge is -2.52. The molecule has 6 nitrogen and oxygen atoms in total. The zero-order valence-electron chi connectivity index (χ0n) is 17.4. The molecule has 0 bridgehead atoms. The van der Waals surface area contributed by atoms with E-state index in [0.29, 0.717) is 32.1 Å². The van der Waals surface area contributed by atoms with Gasteiger partial charge in [-0.1, -0.05) is 40.0 Å². The highest BCUT2D eigenvalue weighted by Gasteiger charge is 2.54. The van der Waals surface area contributed by atoms with E-state index in [2.05, 4.69) is 4.90 Å². The molecule has 0 N–H and O–H groups in total. The fourth-order valence-electron chi connectivity index (χ4n) is 4.63. The van der Waals surface area contributed by atoms with Gasteiger partial charge in [0.15, 0.2) is 9.84 Å². The maximum atomic E-state index is 12.9. The van der Waals surface area contributed by atoms with Crippen molar-refractivity contribution in [1.29, 1.82) is 0 Å². The third-order valence-electron chi connectivity index (χ3n) is 6.23.